The Morgan fingerprint density at radius 2 is 1.67 bits per heavy atom. The van der Waals surface area contributed by atoms with Crippen molar-refractivity contribution >= 4 is 0 Å². The Morgan fingerprint density at radius 1 is 1.00 bits per heavy atom. The number of aliphatic hydroxyl groups is 1. The van der Waals surface area contributed by atoms with E-state index < -0.39 is 5.60 Å². The SMILES string of the molecule is COc1ccc(C)cc1CC(C)(O)c1ccccc1OC. The van der Waals surface area contributed by atoms with Crippen molar-refractivity contribution < 1.29 is 14.6 Å². The molecule has 0 amide bonds. The molecular formula is C18H22O3. The van der Waals surface area contributed by atoms with Crippen LogP contribution in [0.25, 0.3) is 0 Å². The summed E-state index contributed by atoms with van der Waals surface area (Å²) in [5.41, 5.74) is 1.86. The lowest BCUT2D eigenvalue weighted by Crippen LogP contribution is -2.25. The second kappa shape index (κ2) is 6.19. The number of hydrogen-bond acceptors (Lipinski definition) is 3. The molecule has 0 radical (unpaired) electrons. The molecule has 0 aliphatic heterocycles. The molecule has 0 saturated carbocycles. The van der Waals surface area contributed by atoms with Gasteiger partial charge >= 0.3 is 0 Å². The maximum absolute atomic E-state index is 10.9. The van der Waals surface area contributed by atoms with Crippen molar-refractivity contribution in [3.05, 3.63) is 59.2 Å². The van der Waals surface area contributed by atoms with Gasteiger partial charge in [0.25, 0.3) is 0 Å². The summed E-state index contributed by atoms with van der Waals surface area (Å²) in [7, 11) is 3.26. The third-order valence-electron chi connectivity index (χ3n) is 3.66. The fourth-order valence-electron chi connectivity index (χ4n) is 2.60. The molecule has 112 valence electrons. The molecule has 0 aromatic heterocycles. The normalized spacial score (nSPS) is 13.6. The molecule has 2 aromatic rings. The highest BCUT2D eigenvalue weighted by atomic mass is 16.5. The molecule has 1 atom stereocenters. The van der Waals surface area contributed by atoms with Gasteiger partial charge in [-0.15, -0.1) is 0 Å². The van der Waals surface area contributed by atoms with Crippen molar-refractivity contribution in [1.29, 1.82) is 0 Å². The van der Waals surface area contributed by atoms with Gasteiger partial charge in [-0.3, -0.25) is 0 Å². The molecule has 0 saturated heterocycles. The van der Waals surface area contributed by atoms with Gasteiger partial charge in [-0.2, -0.15) is 0 Å². The Bertz CT molecular complexity index is 618. The van der Waals surface area contributed by atoms with E-state index >= 15 is 0 Å². The van der Waals surface area contributed by atoms with Crippen LogP contribution in [0.4, 0.5) is 0 Å². The summed E-state index contributed by atoms with van der Waals surface area (Å²) in [6, 6.07) is 13.5. The van der Waals surface area contributed by atoms with E-state index in [0.717, 1.165) is 22.4 Å². The van der Waals surface area contributed by atoms with Crippen molar-refractivity contribution in [1.82, 2.24) is 0 Å². The zero-order valence-electron chi connectivity index (χ0n) is 13.0. The first-order chi connectivity index (χ1) is 9.97. The molecule has 2 rings (SSSR count). The number of methoxy groups -OCH3 is 2. The van der Waals surface area contributed by atoms with Crippen LogP contribution in [-0.4, -0.2) is 19.3 Å². The molecule has 0 aliphatic rings. The van der Waals surface area contributed by atoms with Gasteiger partial charge in [0.1, 0.15) is 11.5 Å². The van der Waals surface area contributed by atoms with Gasteiger partial charge in [0.05, 0.1) is 19.8 Å². The summed E-state index contributed by atoms with van der Waals surface area (Å²) in [5, 5.41) is 10.9. The van der Waals surface area contributed by atoms with Crippen LogP contribution in [0.2, 0.25) is 0 Å². The van der Waals surface area contributed by atoms with Crippen LogP contribution < -0.4 is 9.47 Å². The average Bonchev–Trinajstić information content (AvgIpc) is 2.47. The molecule has 0 bridgehead atoms. The number of aryl methyl sites for hydroxylation is 1. The molecular weight excluding hydrogens is 264 g/mol. The number of benzene rings is 2. The number of rotatable bonds is 5. The van der Waals surface area contributed by atoms with Crippen molar-refractivity contribution in [3.8, 4) is 11.5 Å². The third-order valence-corrected chi connectivity index (χ3v) is 3.66. The Hall–Kier alpha value is -2.00. The zero-order chi connectivity index (χ0) is 15.5. The summed E-state index contributed by atoms with van der Waals surface area (Å²) >= 11 is 0. The molecule has 0 fully saturated rings. The summed E-state index contributed by atoms with van der Waals surface area (Å²) in [6.07, 6.45) is 0.457. The highest BCUT2D eigenvalue weighted by molar-refractivity contribution is 5.42. The molecule has 0 aliphatic carbocycles. The maximum Gasteiger partial charge on any atom is 0.124 e. The number of hydrogen-bond donors (Lipinski definition) is 1. The van der Waals surface area contributed by atoms with Crippen LogP contribution in [0.15, 0.2) is 42.5 Å². The van der Waals surface area contributed by atoms with Crippen LogP contribution in [0.3, 0.4) is 0 Å². The maximum atomic E-state index is 10.9. The van der Waals surface area contributed by atoms with Crippen molar-refractivity contribution in [2.75, 3.05) is 14.2 Å². The second-order valence-corrected chi connectivity index (χ2v) is 5.47. The van der Waals surface area contributed by atoms with Gasteiger partial charge in [0.15, 0.2) is 0 Å². The van der Waals surface area contributed by atoms with E-state index in [-0.39, 0.29) is 0 Å². The van der Waals surface area contributed by atoms with Crippen molar-refractivity contribution in [2.45, 2.75) is 25.9 Å². The van der Waals surface area contributed by atoms with Crippen LogP contribution in [0.1, 0.15) is 23.6 Å². The Balaban J connectivity index is 2.39. The Morgan fingerprint density at radius 3 is 2.33 bits per heavy atom. The number of ether oxygens (including phenoxy) is 2. The topological polar surface area (TPSA) is 38.7 Å². The largest absolute Gasteiger partial charge is 0.496 e. The summed E-state index contributed by atoms with van der Waals surface area (Å²) in [6.45, 7) is 3.83. The van der Waals surface area contributed by atoms with E-state index in [1.54, 1.807) is 21.1 Å². The van der Waals surface area contributed by atoms with Gasteiger partial charge in [-0.25, -0.2) is 0 Å². The highest BCUT2D eigenvalue weighted by Gasteiger charge is 2.28. The predicted octanol–water partition coefficient (Wildman–Crippen LogP) is 3.46. The summed E-state index contributed by atoms with van der Waals surface area (Å²) in [4.78, 5) is 0. The first-order valence-electron chi connectivity index (χ1n) is 6.97. The minimum Gasteiger partial charge on any atom is -0.496 e. The minimum atomic E-state index is -1.03. The second-order valence-electron chi connectivity index (χ2n) is 5.47. The minimum absolute atomic E-state index is 0.457. The van der Waals surface area contributed by atoms with Crippen LogP contribution in [-0.2, 0) is 12.0 Å². The molecule has 0 spiro atoms. The van der Waals surface area contributed by atoms with Gasteiger partial charge in [-0.05, 0) is 31.5 Å². The first-order valence-corrected chi connectivity index (χ1v) is 6.97. The monoisotopic (exact) mass is 286 g/mol. The zero-order valence-corrected chi connectivity index (χ0v) is 13.0. The molecule has 1 N–H and O–H groups in total. The van der Waals surface area contributed by atoms with Crippen molar-refractivity contribution in [3.63, 3.8) is 0 Å². The van der Waals surface area contributed by atoms with Gasteiger partial charge in [0.2, 0.25) is 0 Å². The van der Waals surface area contributed by atoms with E-state index in [4.69, 9.17) is 9.47 Å². The average molecular weight is 286 g/mol. The lowest BCUT2D eigenvalue weighted by atomic mass is 9.87. The lowest BCUT2D eigenvalue weighted by Gasteiger charge is -2.26. The van der Waals surface area contributed by atoms with E-state index in [0.29, 0.717) is 12.2 Å². The van der Waals surface area contributed by atoms with Crippen LogP contribution in [0, 0.1) is 6.92 Å². The van der Waals surface area contributed by atoms with E-state index in [1.165, 1.54) is 0 Å². The standard InChI is InChI=1S/C18H22O3/c1-13-9-10-16(20-3)14(11-13)12-18(2,19)15-7-5-6-8-17(15)21-4/h5-11,19H,12H2,1-4H3. The third kappa shape index (κ3) is 3.37. The van der Waals surface area contributed by atoms with Crippen LogP contribution >= 0.6 is 0 Å². The summed E-state index contributed by atoms with van der Waals surface area (Å²) in [5.74, 6) is 1.48. The lowest BCUT2D eigenvalue weighted by molar-refractivity contribution is 0.0543. The molecule has 0 heterocycles. The molecule has 1 unspecified atom stereocenters. The quantitative estimate of drug-likeness (QED) is 0.914. The van der Waals surface area contributed by atoms with Crippen molar-refractivity contribution in [2.24, 2.45) is 0 Å². The first kappa shape index (κ1) is 15.4. The Labute approximate surface area is 126 Å². The summed E-state index contributed by atoms with van der Waals surface area (Å²) < 4.78 is 10.8. The smallest absolute Gasteiger partial charge is 0.124 e. The fourth-order valence-corrected chi connectivity index (χ4v) is 2.60. The van der Waals surface area contributed by atoms with Gasteiger partial charge in [-0.1, -0.05) is 35.9 Å². The van der Waals surface area contributed by atoms with E-state index in [1.807, 2.05) is 49.4 Å². The van der Waals surface area contributed by atoms with Crippen LogP contribution in [0.5, 0.6) is 11.5 Å². The van der Waals surface area contributed by atoms with E-state index in [2.05, 4.69) is 0 Å². The van der Waals surface area contributed by atoms with E-state index in [9.17, 15) is 5.11 Å². The molecule has 2 aromatic carbocycles. The molecule has 21 heavy (non-hydrogen) atoms. The predicted molar refractivity (Wildman–Crippen MR) is 84.0 cm³/mol. The fraction of sp³-hybridized carbons (Fsp3) is 0.333. The highest BCUT2D eigenvalue weighted by Crippen LogP contribution is 2.34. The Kier molecular flexibility index (Phi) is 4.53. The molecule has 3 nitrogen and oxygen atoms in total. The van der Waals surface area contributed by atoms with Gasteiger partial charge in [0, 0.05) is 12.0 Å². The molecule has 3 heteroatoms. The number of para-hydroxylation sites is 1. The van der Waals surface area contributed by atoms with Gasteiger partial charge < -0.3 is 14.6 Å².